The summed E-state index contributed by atoms with van der Waals surface area (Å²) in [5, 5.41) is 3.17. The molecular formula is C16H20F4N2O. The first-order valence-corrected chi connectivity index (χ1v) is 7.95. The molecule has 128 valence electrons. The molecule has 0 unspecified atom stereocenters. The number of hydrogen-bond donors (Lipinski definition) is 1. The van der Waals surface area contributed by atoms with E-state index in [1.165, 1.54) is 0 Å². The maximum absolute atomic E-state index is 14.3. The fourth-order valence-electron chi connectivity index (χ4n) is 3.56. The van der Waals surface area contributed by atoms with Crippen LogP contribution in [0.4, 0.5) is 17.6 Å². The standard InChI is InChI=1S/C16H20F4N2O/c17-11-9-12(18)15(20)13(14(11)19)16(10-1-7-23-8-2-10)22-5-3-21-4-6-22/h9-10,16,21H,1-8H2/t16-/m0/s1. The molecule has 0 aromatic heterocycles. The molecule has 1 N–H and O–H groups in total. The molecule has 3 nitrogen and oxygen atoms in total. The van der Waals surface area contributed by atoms with Gasteiger partial charge in [-0.05, 0) is 18.8 Å². The van der Waals surface area contributed by atoms with Gasteiger partial charge in [-0.3, -0.25) is 4.90 Å². The van der Waals surface area contributed by atoms with E-state index in [1.54, 1.807) is 0 Å². The van der Waals surface area contributed by atoms with Crippen molar-refractivity contribution in [3.63, 3.8) is 0 Å². The van der Waals surface area contributed by atoms with Gasteiger partial charge in [0, 0.05) is 57.1 Å². The van der Waals surface area contributed by atoms with E-state index in [1.807, 2.05) is 4.90 Å². The van der Waals surface area contributed by atoms with E-state index >= 15 is 0 Å². The third-order valence-electron chi connectivity index (χ3n) is 4.70. The van der Waals surface area contributed by atoms with Crippen LogP contribution < -0.4 is 5.32 Å². The maximum Gasteiger partial charge on any atom is 0.166 e. The predicted octanol–water partition coefficient (Wildman–Crippen LogP) is 2.62. The van der Waals surface area contributed by atoms with Crippen LogP contribution >= 0.6 is 0 Å². The molecule has 7 heteroatoms. The SMILES string of the molecule is Fc1cc(F)c(F)c([C@H](C2CCOCC2)N2CCNCC2)c1F. The number of nitrogens with one attached hydrogen (secondary N) is 1. The van der Waals surface area contributed by atoms with E-state index < -0.39 is 34.9 Å². The Hall–Kier alpha value is -1.18. The van der Waals surface area contributed by atoms with Crippen molar-refractivity contribution in [1.29, 1.82) is 0 Å². The molecule has 3 rings (SSSR count). The second kappa shape index (κ2) is 7.15. The van der Waals surface area contributed by atoms with Crippen LogP contribution in [0.5, 0.6) is 0 Å². The van der Waals surface area contributed by atoms with Crippen LogP contribution in [-0.2, 0) is 4.74 Å². The first-order valence-electron chi connectivity index (χ1n) is 7.95. The Labute approximate surface area is 132 Å². The van der Waals surface area contributed by atoms with Gasteiger partial charge in [0.15, 0.2) is 23.3 Å². The second-order valence-electron chi connectivity index (χ2n) is 6.06. The van der Waals surface area contributed by atoms with Crippen LogP contribution in [0.3, 0.4) is 0 Å². The van der Waals surface area contributed by atoms with Crippen molar-refractivity contribution in [1.82, 2.24) is 10.2 Å². The summed E-state index contributed by atoms with van der Waals surface area (Å²) >= 11 is 0. The summed E-state index contributed by atoms with van der Waals surface area (Å²) < 4.78 is 61.4. The Bertz CT molecular complexity index is 513. The average molecular weight is 332 g/mol. The smallest absolute Gasteiger partial charge is 0.166 e. The van der Waals surface area contributed by atoms with E-state index in [0.29, 0.717) is 52.2 Å². The number of benzene rings is 1. The van der Waals surface area contributed by atoms with Crippen molar-refractivity contribution >= 4 is 0 Å². The molecule has 2 fully saturated rings. The Balaban J connectivity index is 2.03. The molecule has 1 aromatic carbocycles. The van der Waals surface area contributed by atoms with E-state index in [0.717, 1.165) is 0 Å². The minimum Gasteiger partial charge on any atom is -0.381 e. The van der Waals surface area contributed by atoms with Crippen LogP contribution in [0.15, 0.2) is 6.07 Å². The quantitative estimate of drug-likeness (QED) is 0.680. The highest BCUT2D eigenvalue weighted by Crippen LogP contribution is 2.38. The van der Waals surface area contributed by atoms with Crippen molar-refractivity contribution in [2.24, 2.45) is 5.92 Å². The fourth-order valence-corrected chi connectivity index (χ4v) is 3.56. The fraction of sp³-hybridized carbons (Fsp3) is 0.625. The molecule has 0 radical (unpaired) electrons. The number of nitrogens with zero attached hydrogens (tertiary/aromatic N) is 1. The summed E-state index contributed by atoms with van der Waals surface area (Å²) in [4.78, 5) is 1.92. The molecule has 1 atom stereocenters. The number of piperazine rings is 1. The lowest BCUT2D eigenvalue weighted by Gasteiger charge is -2.41. The summed E-state index contributed by atoms with van der Waals surface area (Å²) in [5.41, 5.74) is -0.476. The van der Waals surface area contributed by atoms with Crippen LogP contribution in [-0.4, -0.2) is 44.3 Å². The maximum atomic E-state index is 14.3. The predicted molar refractivity (Wildman–Crippen MR) is 77.0 cm³/mol. The molecule has 23 heavy (non-hydrogen) atoms. The molecule has 0 amide bonds. The Morgan fingerprint density at radius 2 is 1.57 bits per heavy atom. The third-order valence-corrected chi connectivity index (χ3v) is 4.70. The van der Waals surface area contributed by atoms with Crippen molar-refractivity contribution in [3.05, 3.63) is 34.9 Å². The lowest BCUT2D eigenvalue weighted by atomic mass is 9.85. The van der Waals surface area contributed by atoms with E-state index in [4.69, 9.17) is 4.74 Å². The van der Waals surface area contributed by atoms with Crippen LogP contribution in [0, 0.1) is 29.2 Å². The summed E-state index contributed by atoms with van der Waals surface area (Å²) in [7, 11) is 0. The molecular weight excluding hydrogens is 312 g/mol. The number of hydrogen-bond acceptors (Lipinski definition) is 3. The largest absolute Gasteiger partial charge is 0.381 e. The van der Waals surface area contributed by atoms with E-state index in [-0.39, 0.29) is 12.0 Å². The minimum atomic E-state index is -1.34. The van der Waals surface area contributed by atoms with Crippen LogP contribution in [0.25, 0.3) is 0 Å². The molecule has 2 aliphatic rings. The topological polar surface area (TPSA) is 24.5 Å². The van der Waals surface area contributed by atoms with Gasteiger partial charge in [0.25, 0.3) is 0 Å². The molecule has 1 aromatic rings. The van der Waals surface area contributed by atoms with Crippen molar-refractivity contribution in [2.75, 3.05) is 39.4 Å². The molecule has 2 saturated heterocycles. The first kappa shape index (κ1) is 16.7. The highest BCUT2D eigenvalue weighted by atomic mass is 19.2. The van der Waals surface area contributed by atoms with Gasteiger partial charge in [0.05, 0.1) is 0 Å². The van der Waals surface area contributed by atoms with E-state index in [9.17, 15) is 17.6 Å². The molecule has 0 saturated carbocycles. The summed E-state index contributed by atoms with van der Waals surface area (Å²) in [5.74, 6) is -5.33. The second-order valence-corrected chi connectivity index (χ2v) is 6.06. The third kappa shape index (κ3) is 3.36. The molecule has 2 heterocycles. The number of rotatable bonds is 3. The van der Waals surface area contributed by atoms with Crippen molar-refractivity contribution in [2.45, 2.75) is 18.9 Å². The van der Waals surface area contributed by atoms with Gasteiger partial charge in [-0.25, -0.2) is 17.6 Å². The Kier molecular flexibility index (Phi) is 5.18. The summed E-state index contributed by atoms with van der Waals surface area (Å²) in [6.07, 6.45) is 1.23. The number of ether oxygens (including phenoxy) is 1. The zero-order valence-corrected chi connectivity index (χ0v) is 12.8. The van der Waals surface area contributed by atoms with Crippen molar-refractivity contribution < 1.29 is 22.3 Å². The zero-order chi connectivity index (χ0) is 16.4. The monoisotopic (exact) mass is 332 g/mol. The van der Waals surface area contributed by atoms with Gasteiger partial charge in [-0.15, -0.1) is 0 Å². The lowest BCUT2D eigenvalue weighted by molar-refractivity contribution is 0.0187. The van der Waals surface area contributed by atoms with Crippen molar-refractivity contribution in [3.8, 4) is 0 Å². The molecule has 0 bridgehead atoms. The summed E-state index contributed by atoms with van der Waals surface area (Å²) in [6.45, 7) is 3.52. The van der Waals surface area contributed by atoms with Gasteiger partial charge < -0.3 is 10.1 Å². The average Bonchev–Trinajstić information content (AvgIpc) is 2.58. The van der Waals surface area contributed by atoms with E-state index in [2.05, 4.69) is 5.32 Å². The zero-order valence-electron chi connectivity index (χ0n) is 12.8. The molecule has 0 aliphatic carbocycles. The highest BCUT2D eigenvalue weighted by molar-refractivity contribution is 5.27. The van der Waals surface area contributed by atoms with Crippen LogP contribution in [0.1, 0.15) is 24.4 Å². The molecule has 2 aliphatic heterocycles. The first-order chi connectivity index (χ1) is 11.1. The summed E-state index contributed by atoms with van der Waals surface area (Å²) in [6, 6.07) is -0.404. The van der Waals surface area contributed by atoms with Gasteiger partial charge in [-0.2, -0.15) is 0 Å². The van der Waals surface area contributed by atoms with Gasteiger partial charge >= 0.3 is 0 Å². The van der Waals surface area contributed by atoms with Gasteiger partial charge in [0.2, 0.25) is 0 Å². The highest BCUT2D eigenvalue weighted by Gasteiger charge is 2.36. The Morgan fingerprint density at radius 1 is 1.00 bits per heavy atom. The molecule has 0 spiro atoms. The number of halogens is 4. The van der Waals surface area contributed by atoms with Gasteiger partial charge in [0.1, 0.15) is 0 Å². The minimum absolute atomic E-state index is 0.0907. The van der Waals surface area contributed by atoms with Gasteiger partial charge in [-0.1, -0.05) is 0 Å². The normalized spacial score (nSPS) is 22.3. The Morgan fingerprint density at radius 3 is 2.13 bits per heavy atom. The lowest BCUT2D eigenvalue weighted by Crippen LogP contribution is -2.48. The van der Waals surface area contributed by atoms with Crippen LogP contribution in [0.2, 0.25) is 0 Å².